The predicted octanol–water partition coefficient (Wildman–Crippen LogP) is 1.67. The fourth-order valence-corrected chi connectivity index (χ4v) is 6.32. The van der Waals surface area contributed by atoms with E-state index in [1.54, 1.807) is 0 Å². The van der Waals surface area contributed by atoms with Crippen LogP contribution in [0.3, 0.4) is 0 Å². The first kappa shape index (κ1) is 19.5. The van der Waals surface area contributed by atoms with Crippen LogP contribution in [0.2, 0.25) is 0 Å². The quantitative estimate of drug-likeness (QED) is 0.791. The Bertz CT molecular complexity index is 1060. The zero-order chi connectivity index (χ0) is 19.8. The molecule has 0 aromatic heterocycles. The maximum absolute atomic E-state index is 12.8. The van der Waals surface area contributed by atoms with Gasteiger partial charge in [0.1, 0.15) is 0 Å². The molecule has 0 radical (unpaired) electrons. The van der Waals surface area contributed by atoms with Gasteiger partial charge in [0.05, 0.1) is 23.0 Å². The van der Waals surface area contributed by atoms with Crippen molar-refractivity contribution >= 4 is 20.0 Å². The molecule has 0 amide bonds. The normalized spacial score (nSPS) is 20.8. The van der Waals surface area contributed by atoms with E-state index in [0.29, 0.717) is 32.7 Å². The molecule has 4 rings (SSSR count). The van der Waals surface area contributed by atoms with E-state index >= 15 is 0 Å². The standard InChI is InChI=1S/C19H22N2O5S2/c22-27(23,20-19-10-5-15-3-1-2-4-18(15)19)16-6-8-17(9-7-16)28(24,25)21-11-13-26-14-12-21/h1-4,6-9,19-20H,5,10-14H2. The number of hydrogen-bond donors (Lipinski definition) is 1. The average molecular weight is 423 g/mol. The van der Waals surface area contributed by atoms with Crippen molar-refractivity contribution in [1.82, 2.24) is 9.03 Å². The first-order chi connectivity index (χ1) is 13.4. The molecular weight excluding hydrogens is 400 g/mol. The fraction of sp³-hybridized carbons (Fsp3) is 0.368. The summed E-state index contributed by atoms with van der Waals surface area (Å²) in [6.45, 7) is 1.31. The number of nitrogens with one attached hydrogen (secondary N) is 1. The van der Waals surface area contributed by atoms with E-state index in [1.165, 1.54) is 28.6 Å². The number of sulfonamides is 2. The Hall–Kier alpha value is -1.78. The second-order valence-electron chi connectivity index (χ2n) is 6.90. The highest BCUT2D eigenvalue weighted by Gasteiger charge is 2.29. The van der Waals surface area contributed by atoms with Gasteiger partial charge in [-0.15, -0.1) is 0 Å². The second-order valence-corrected chi connectivity index (χ2v) is 10.6. The third-order valence-corrected chi connectivity index (χ3v) is 8.57. The molecule has 28 heavy (non-hydrogen) atoms. The Kier molecular flexibility index (Phi) is 5.28. The van der Waals surface area contributed by atoms with Crippen molar-refractivity contribution in [2.75, 3.05) is 26.3 Å². The molecule has 9 heteroatoms. The van der Waals surface area contributed by atoms with Gasteiger partial charge < -0.3 is 4.74 Å². The van der Waals surface area contributed by atoms with Gasteiger partial charge >= 0.3 is 0 Å². The van der Waals surface area contributed by atoms with Gasteiger partial charge in [-0.1, -0.05) is 24.3 Å². The molecule has 0 saturated carbocycles. The van der Waals surface area contributed by atoms with Crippen molar-refractivity contribution in [1.29, 1.82) is 0 Å². The Labute approximate surface area is 165 Å². The number of rotatable bonds is 5. The van der Waals surface area contributed by atoms with Gasteiger partial charge in [0, 0.05) is 19.1 Å². The SMILES string of the molecule is O=S(=O)(NC1CCc2ccccc21)c1ccc(S(=O)(=O)N2CCOCC2)cc1. The van der Waals surface area contributed by atoms with Crippen molar-refractivity contribution in [3.05, 3.63) is 59.7 Å². The highest BCUT2D eigenvalue weighted by molar-refractivity contribution is 7.89. The zero-order valence-electron chi connectivity index (χ0n) is 15.2. The highest BCUT2D eigenvalue weighted by Crippen LogP contribution is 2.32. The lowest BCUT2D eigenvalue weighted by Gasteiger charge is -2.26. The van der Waals surface area contributed by atoms with E-state index < -0.39 is 20.0 Å². The second kappa shape index (κ2) is 7.57. The van der Waals surface area contributed by atoms with Crippen LogP contribution in [0.1, 0.15) is 23.6 Å². The summed E-state index contributed by atoms with van der Waals surface area (Å²) in [6.07, 6.45) is 1.54. The highest BCUT2D eigenvalue weighted by atomic mass is 32.2. The van der Waals surface area contributed by atoms with Crippen LogP contribution in [0.5, 0.6) is 0 Å². The van der Waals surface area contributed by atoms with Crippen LogP contribution >= 0.6 is 0 Å². The van der Waals surface area contributed by atoms with Crippen LogP contribution in [-0.4, -0.2) is 47.4 Å². The van der Waals surface area contributed by atoms with Gasteiger partial charge in [-0.2, -0.15) is 4.31 Å². The Morgan fingerprint density at radius 3 is 2.25 bits per heavy atom. The molecule has 2 aromatic rings. The molecule has 2 aliphatic rings. The first-order valence-electron chi connectivity index (χ1n) is 9.16. The summed E-state index contributed by atoms with van der Waals surface area (Å²) in [5.41, 5.74) is 2.15. The molecule has 1 unspecified atom stereocenters. The van der Waals surface area contributed by atoms with Crippen molar-refractivity contribution < 1.29 is 21.6 Å². The van der Waals surface area contributed by atoms with Crippen molar-refractivity contribution in [2.24, 2.45) is 0 Å². The van der Waals surface area contributed by atoms with E-state index in [4.69, 9.17) is 4.74 Å². The summed E-state index contributed by atoms with van der Waals surface area (Å²) < 4.78 is 60.2. The minimum absolute atomic E-state index is 0.0535. The molecule has 1 heterocycles. The maximum Gasteiger partial charge on any atom is 0.243 e. The number of ether oxygens (including phenoxy) is 1. The lowest BCUT2D eigenvalue weighted by atomic mass is 10.1. The Morgan fingerprint density at radius 2 is 1.54 bits per heavy atom. The Morgan fingerprint density at radius 1 is 0.893 bits per heavy atom. The molecule has 150 valence electrons. The van der Waals surface area contributed by atoms with Gasteiger partial charge in [-0.25, -0.2) is 21.6 Å². The summed E-state index contributed by atoms with van der Waals surface area (Å²) in [6, 6.07) is 12.9. The summed E-state index contributed by atoms with van der Waals surface area (Å²) in [4.78, 5) is 0.136. The molecule has 1 fully saturated rings. The minimum Gasteiger partial charge on any atom is -0.379 e. The summed E-state index contributed by atoms with van der Waals surface area (Å²) in [5.74, 6) is 0. The topological polar surface area (TPSA) is 92.8 Å². The van der Waals surface area contributed by atoms with Gasteiger partial charge in [0.15, 0.2) is 0 Å². The van der Waals surface area contributed by atoms with Crippen LogP contribution < -0.4 is 4.72 Å². The van der Waals surface area contributed by atoms with Gasteiger partial charge in [-0.3, -0.25) is 0 Å². The van der Waals surface area contributed by atoms with Gasteiger partial charge in [0.25, 0.3) is 0 Å². The number of fused-ring (bicyclic) bond motifs is 1. The average Bonchev–Trinajstić information content (AvgIpc) is 3.11. The monoisotopic (exact) mass is 422 g/mol. The predicted molar refractivity (Wildman–Crippen MR) is 104 cm³/mol. The largest absolute Gasteiger partial charge is 0.379 e. The molecule has 1 aliphatic heterocycles. The number of hydrogen-bond acceptors (Lipinski definition) is 5. The van der Waals surface area contributed by atoms with Crippen LogP contribution in [-0.2, 0) is 31.2 Å². The summed E-state index contributed by atoms with van der Waals surface area (Å²) >= 11 is 0. The van der Waals surface area contributed by atoms with Crippen LogP contribution in [0.4, 0.5) is 0 Å². The van der Waals surface area contributed by atoms with Gasteiger partial charge in [0.2, 0.25) is 20.0 Å². The minimum atomic E-state index is -3.75. The number of aryl methyl sites for hydroxylation is 1. The molecule has 1 saturated heterocycles. The molecule has 7 nitrogen and oxygen atoms in total. The zero-order valence-corrected chi connectivity index (χ0v) is 16.9. The molecule has 2 aromatic carbocycles. The molecule has 1 aliphatic carbocycles. The summed E-state index contributed by atoms with van der Waals surface area (Å²) in [5, 5.41) is 0. The van der Waals surface area contributed by atoms with Crippen LogP contribution in [0.25, 0.3) is 0 Å². The molecule has 1 atom stereocenters. The lowest BCUT2D eigenvalue weighted by molar-refractivity contribution is 0.0730. The molecule has 0 spiro atoms. The number of morpholine rings is 1. The third kappa shape index (κ3) is 3.72. The smallest absolute Gasteiger partial charge is 0.243 e. The number of nitrogens with zero attached hydrogens (tertiary/aromatic N) is 1. The van der Waals surface area contributed by atoms with Crippen molar-refractivity contribution in [3.8, 4) is 0 Å². The fourth-order valence-electron chi connectivity index (χ4n) is 3.66. The van der Waals surface area contributed by atoms with E-state index in [-0.39, 0.29) is 15.8 Å². The first-order valence-corrected chi connectivity index (χ1v) is 12.1. The van der Waals surface area contributed by atoms with Crippen molar-refractivity contribution in [2.45, 2.75) is 28.7 Å². The third-order valence-electron chi connectivity index (χ3n) is 5.17. The van der Waals surface area contributed by atoms with E-state index in [2.05, 4.69) is 4.72 Å². The van der Waals surface area contributed by atoms with Crippen molar-refractivity contribution in [3.63, 3.8) is 0 Å². The Balaban J connectivity index is 1.53. The lowest BCUT2D eigenvalue weighted by Crippen LogP contribution is -2.40. The van der Waals surface area contributed by atoms with Gasteiger partial charge in [-0.05, 0) is 48.2 Å². The molecule has 0 bridgehead atoms. The van der Waals surface area contributed by atoms with E-state index in [1.807, 2.05) is 24.3 Å². The van der Waals surface area contributed by atoms with Crippen LogP contribution in [0, 0.1) is 0 Å². The van der Waals surface area contributed by atoms with E-state index in [0.717, 1.165) is 17.5 Å². The van der Waals surface area contributed by atoms with E-state index in [9.17, 15) is 16.8 Å². The summed E-state index contributed by atoms with van der Waals surface area (Å²) in [7, 11) is -7.40. The number of benzene rings is 2. The molecule has 1 N–H and O–H groups in total. The van der Waals surface area contributed by atoms with Crippen LogP contribution in [0.15, 0.2) is 58.3 Å². The maximum atomic E-state index is 12.8. The molecular formula is C19H22N2O5S2.